The molecular formula is C16H25NO. The molecule has 0 unspecified atom stereocenters. The van der Waals surface area contributed by atoms with Crippen molar-refractivity contribution in [2.24, 2.45) is 0 Å². The predicted molar refractivity (Wildman–Crippen MR) is 76.0 cm³/mol. The Morgan fingerprint density at radius 2 is 2.11 bits per heavy atom. The number of nitrogens with zero attached hydrogens (tertiary/aromatic N) is 1. The number of phenols is 1. The van der Waals surface area contributed by atoms with Gasteiger partial charge < -0.3 is 10.0 Å². The van der Waals surface area contributed by atoms with Crippen LogP contribution >= 0.6 is 0 Å². The molecule has 100 valence electrons. The first-order valence-corrected chi connectivity index (χ1v) is 7.22. The van der Waals surface area contributed by atoms with Crippen LogP contribution in [-0.2, 0) is 5.41 Å². The summed E-state index contributed by atoms with van der Waals surface area (Å²) in [5.41, 5.74) is 1.59. The Morgan fingerprint density at radius 3 is 2.78 bits per heavy atom. The van der Waals surface area contributed by atoms with E-state index in [1.54, 1.807) is 6.07 Å². The number of rotatable bonds is 5. The van der Waals surface area contributed by atoms with Gasteiger partial charge in [0.05, 0.1) is 0 Å². The smallest absolute Gasteiger partial charge is 0.115 e. The van der Waals surface area contributed by atoms with E-state index in [9.17, 15) is 5.11 Å². The van der Waals surface area contributed by atoms with Crippen LogP contribution < -0.4 is 0 Å². The first-order chi connectivity index (χ1) is 8.70. The normalized spacial score (nSPS) is 24.6. The molecular weight excluding hydrogens is 222 g/mol. The van der Waals surface area contributed by atoms with Crippen molar-refractivity contribution in [2.45, 2.75) is 44.9 Å². The molecule has 1 saturated heterocycles. The third kappa shape index (κ3) is 2.69. The molecule has 0 saturated carbocycles. The molecule has 1 aliphatic rings. The van der Waals surface area contributed by atoms with Gasteiger partial charge in [-0.05, 0) is 50.0 Å². The van der Waals surface area contributed by atoms with Gasteiger partial charge in [0.15, 0.2) is 0 Å². The van der Waals surface area contributed by atoms with Crippen molar-refractivity contribution in [3.63, 3.8) is 0 Å². The summed E-state index contributed by atoms with van der Waals surface area (Å²) >= 11 is 0. The quantitative estimate of drug-likeness (QED) is 0.860. The zero-order valence-corrected chi connectivity index (χ0v) is 11.7. The largest absolute Gasteiger partial charge is 0.508 e. The Morgan fingerprint density at radius 1 is 1.28 bits per heavy atom. The highest BCUT2D eigenvalue weighted by atomic mass is 16.3. The van der Waals surface area contributed by atoms with Crippen LogP contribution in [0, 0.1) is 0 Å². The number of hydrogen-bond acceptors (Lipinski definition) is 2. The molecule has 1 aromatic carbocycles. The minimum Gasteiger partial charge on any atom is -0.508 e. The van der Waals surface area contributed by atoms with Gasteiger partial charge in [0.2, 0.25) is 0 Å². The highest BCUT2D eigenvalue weighted by Gasteiger charge is 2.38. The lowest BCUT2D eigenvalue weighted by Crippen LogP contribution is -2.31. The van der Waals surface area contributed by atoms with Crippen molar-refractivity contribution in [3.8, 4) is 5.75 Å². The van der Waals surface area contributed by atoms with E-state index in [2.05, 4.69) is 24.8 Å². The monoisotopic (exact) mass is 247 g/mol. The number of aromatic hydroxyl groups is 1. The Kier molecular flexibility index (Phi) is 4.28. The Hall–Kier alpha value is -1.02. The van der Waals surface area contributed by atoms with Crippen LogP contribution in [0.4, 0.5) is 0 Å². The Balaban J connectivity index is 2.23. The summed E-state index contributed by atoms with van der Waals surface area (Å²) in [6.07, 6.45) is 4.87. The molecule has 1 fully saturated rings. The minimum atomic E-state index is 0.267. The molecule has 1 heterocycles. The fourth-order valence-corrected chi connectivity index (χ4v) is 3.36. The van der Waals surface area contributed by atoms with Gasteiger partial charge in [-0.1, -0.05) is 32.4 Å². The fourth-order valence-electron chi connectivity index (χ4n) is 3.36. The molecule has 2 rings (SSSR count). The molecule has 0 amide bonds. The summed E-state index contributed by atoms with van der Waals surface area (Å²) in [5, 5.41) is 9.71. The summed E-state index contributed by atoms with van der Waals surface area (Å²) in [4.78, 5) is 2.57. The molecule has 0 aliphatic carbocycles. The molecule has 0 radical (unpaired) electrons. The molecule has 2 heteroatoms. The minimum absolute atomic E-state index is 0.267. The van der Waals surface area contributed by atoms with Crippen molar-refractivity contribution < 1.29 is 5.11 Å². The van der Waals surface area contributed by atoms with E-state index in [0.717, 1.165) is 6.54 Å². The zero-order valence-electron chi connectivity index (χ0n) is 11.7. The molecule has 18 heavy (non-hydrogen) atoms. The third-order valence-electron chi connectivity index (χ3n) is 4.16. The van der Waals surface area contributed by atoms with E-state index in [1.807, 2.05) is 12.1 Å². The van der Waals surface area contributed by atoms with Gasteiger partial charge in [0.1, 0.15) is 5.75 Å². The maximum Gasteiger partial charge on any atom is 0.115 e. The van der Waals surface area contributed by atoms with E-state index in [4.69, 9.17) is 0 Å². The highest BCUT2D eigenvalue weighted by Crippen LogP contribution is 2.39. The second-order valence-corrected chi connectivity index (χ2v) is 5.61. The zero-order chi connectivity index (χ0) is 13.0. The van der Waals surface area contributed by atoms with Gasteiger partial charge in [-0.2, -0.15) is 0 Å². The molecule has 0 spiro atoms. The average molecular weight is 247 g/mol. The Labute approximate surface area is 111 Å². The second-order valence-electron chi connectivity index (χ2n) is 5.61. The van der Waals surface area contributed by atoms with Gasteiger partial charge >= 0.3 is 0 Å². The van der Waals surface area contributed by atoms with Gasteiger partial charge in [0.25, 0.3) is 0 Å². The summed E-state index contributed by atoms with van der Waals surface area (Å²) in [6, 6.07) is 7.89. The van der Waals surface area contributed by atoms with Crippen LogP contribution in [0.25, 0.3) is 0 Å². The van der Waals surface area contributed by atoms with E-state index >= 15 is 0 Å². The number of likely N-dealkylation sites (tertiary alicyclic amines) is 1. The molecule has 0 aromatic heterocycles. The lowest BCUT2D eigenvalue weighted by atomic mass is 9.76. The number of phenolic OH excluding ortho intramolecular Hbond substituents is 1. The van der Waals surface area contributed by atoms with Crippen molar-refractivity contribution in [1.29, 1.82) is 0 Å². The van der Waals surface area contributed by atoms with Crippen LogP contribution in [-0.4, -0.2) is 29.6 Å². The first kappa shape index (κ1) is 13.4. The fraction of sp³-hybridized carbons (Fsp3) is 0.625. The van der Waals surface area contributed by atoms with Crippen LogP contribution in [0.3, 0.4) is 0 Å². The summed E-state index contributed by atoms with van der Waals surface area (Å²) in [7, 11) is 0. The predicted octanol–water partition coefficient (Wildman–Crippen LogP) is 3.55. The molecule has 0 bridgehead atoms. The molecule has 1 aromatic rings. The van der Waals surface area contributed by atoms with Crippen molar-refractivity contribution in [1.82, 2.24) is 4.90 Å². The number of benzene rings is 1. The standard InChI is InChI=1S/C16H25NO/c1-3-8-16(9-11-17(13-16)10-4-2)14-6-5-7-15(18)12-14/h5-7,12,18H,3-4,8-11,13H2,1-2H3/t16-/m0/s1. The summed E-state index contributed by atoms with van der Waals surface area (Å²) < 4.78 is 0. The van der Waals surface area contributed by atoms with Crippen molar-refractivity contribution in [3.05, 3.63) is 29.8 Å². The number of hydrogen-bond donors (Lipinski definition) is 1. The van der Waals surface area contributed by atoms with Crippen LogP contribution in [0.2, 0.25) is 0 Å². The van der Waals surface area contributed by atoms with Gasteiger partial charge in [0, 0.05) is 12.0 Å². The molecule has 1 atom stereocenters. The summed E-state index contributed by atoms with van der Waals surface area (Å²) in [5.74, 6) is 0.400. The maximum atomic E-state index is 9.71. The highest BCUT2D eigenvalue weighted by molar-refractivity contribution is 5.34. The van der Waals surface area contributed by atoms with Crippen molar-refractivity contribution in [2.75, 3.05) is 19.6 Å². The summed E-state index contributed by atoms with van der Waals surface area (Å²) in [6.45, 7) is 8.05. The van der Waals surface area contributed by atoms with Crippen molar-refractivity contribution >= 4 is 0 Å². The lowest BCUT2D eigenvalue weighted by Gasteiger charge is -2.30. The van der Waals surface area contributed by atoms with E-state index in [-0.39, 0.29) is 5.41 Å². The third-order valence-corrected chi connectivity index (χ3v) is 4.16. The van der Waals surface area contributed by atoms with E-state index < -0.39 is 0 Å². The molecule has 2 nitrogen and oxygen atoms in total. The van der Waals surface area contributed by atoms with Crippen LogP contribution in [0.15, 0.2) is 24.3 Å². The van der Waals surface area contributed by atoms with E-state index in [0.29, 0.717) is 5.75 Å². The lowest BCUT2D eigenvalue weighted by molar-refractivity contribution is 0.301. The first-order valence-electron chi connectivity index (χ1n) is 7.22. The maximum absolute atomic E-state index is 9.71. The average Bonchev–Trinajstić information content (AvgIpc) is 2.75. The van der Waals surface area contributed by atoms with E-state index in [1.165, 1.54) is 44.3 Å². The van der Waals surface area contributed by atoms with Crippen LogP contribution in [0.1, 0.15) is 45.1 Å². The second kappa shape index (κ2) is 5.75. The van der Waals surface area contributed by atoms with Gasteiger partial charge in [-0.15, -0.1) is 0 Å². The Bertz CT molecular complexity index is 390. The van der Waals surface area contributed by atoms with Crippen LogP contribution in [0.5, 0.6) is 5.75 Å². The molecule has 1 N–H and O–H groups in total. The SMILES string of the molecule is CCCN1CC[C@](CCC)(c2cccc(O)c2)C1. The molecule has 1 aliphatic heterocycles. The van der Waals surface area contributed by atoms with Gasteiger partial charge in [-0.3, -0.25) is 0 Å². The van der Waals surface area contributed by atoms with Gasteiger partial charge in [-0.25, -0.2) is 0 Å². The topological polar surface area (TPSA) is 23.5 Å².